The molecular weight excluding hydrogens is 376 g/mol. The van der Waals surface area contributed by atoms with Gasteiger partial charge in [0.25, 0.3) is 5.56 Å². The van der Waals surface area contributed by atoms with E-state index in [2.05, 4.69) is 25.3 Å². The summed E-state index contributed by atoms with van der Waals surface area (Å²) in [6.07, 6.45) is 3.41. The normalized spacial score (nSPS) is 12.3. The Balaban J connectivity index is 1.65. The lowest BCUT2D eigenvalue weighted by Crippen LogP contribution is -2.20. The molecule has 142 valence electrons. The molecule has 4 rings (SSSR count). The highest BCUT2D eigenvalue weighted by molar-refractivity contribution is 6.31. The van der Waals surface area contributed by atoms with Gasteiger partial charge in [-0.2, -0.15) is 4.98 Å². The largest absolute Gasteiger partial charge is 0.347 e. The molecule has 7 nitrogen and oxygen atoms in total. The molecule has 3 aromatic heterocycles. The average molecular weight is 395 g/mol. The number of hydrogen-bond acceptors (Lipinski definition) is 5. The number of imidazole rings is 1. The fourth-order valence-electron chi connectivity index (χ4n) is 3.07. The second-order valence-corrected chi connectivity index (χ2v) is 7.11. The van der Waals surface area contributed by atoms with Crippen LogP contribution in [0.2, 0.25) is 5.02 Å². The number of benzene rings is 1. The first-order valence-corrected chi connectivity index (χ1v) is 9.23. The zero-order chi connectivity index (χ0) is 19.8. The maximum atomic E-state index is 12.5. The number of aryl methyl sites for hydroxylation is 1. The summed E-state index contributed by atoms with van der Waals surface area (Å²) in [6, 6.07) is 8.72. The van der Waals surface area contributed by atoms with E-state index in [-0.39, 0.29) is 11.6 Å². The van der Waals surface area contributed by atoms with Crippen molar-refractivity contribution in [2.45, 2.75) is 26.8 Å². The molecule has 0 aliphatic rings. The molecule has 0 aliphatic carbocycles. The summed E-state index contributed by atoms with van der Waals surface area (Å²) < 4.78 is 1.90. The average Bonchev–Trinajstić information content (AvgIpc) is 3.00. The van der Waals surface area contributed by atoms with Gasteiger partial charge in [-0.1, -0.05) is 11.6 Å². The van der Waals surface area contributed by atoms with Gasteiger partial charge >= 0.3 is 0 Å². The Bertz CT molecular complexity index is 1230. The van der Waals surface area contributed by atoms with Gasteiger partial charge in [-0.05, 0) is 51.1 Å². The number of pyridine rings is 1. The predicted octanol–water partition coefficient (Wildman–Crippen LogP) is 3.95. The molecule has 0 unspecified atom stereocenters. The van der Waals surface area contributed by atoms with Crippen molar-refractivity contribution in [1.82, 2.24) is 24.5 Å². The number of aromatic nitrogens is 5. The van der Waals surface area contributed by atoms with Crippen LogP contribution < -0.4 is 10.9 Å². The second-order valence-electron chi connectivity index (χ2n) is 6.68. The highest BCUT2D eigenvalue weighted by Gasteiger charge is 2.14. The van der Waals surface area contributed by atoms with Crippen LogP contribution in [0.5, 0.6) is 0 Å². The number of nitrogens with one attached hydrogen (secondary N) is 2. The summed E-state index contributed by atoms with van der Waals surface area (Å²) in [5.41, 5.74) is 3.13. The van der Waals surface area contributed by atoms with Gasteiger partial charge in [0.1, 0.15) is 12.1 Å². The third-order valence-electron chi connectivity index (χ3n) is 4.79. The van der Waals surface area contributed by atoms with Crippen molar-refractivity contribution < 1.29 is 0 Å². The Kier molecular flexibility index (Phi) is 4.60. The topological polar surface area (TPSA) is 88.5 Å². The molecule has 0 saturated heterocycles. The van der Waals surface area contributed by atoms with Gasteiger partial charge < -0.3 is 10.3 Å². The molecule has 0 aliphatic heterocycles. The van der Waals surface area contributed by atoms with E-state index in [4.69, 9.17) is 11.6 Å². The molecule has 1 atom stereocenters. The summed E-state index contributed by atoms with van der Waals surface area (Å²) in [7, 11) is 0. The first-order valence-electron chi connectivity index (χ1n) is 8.85. The lowest BCUT2D eigenvalue weighted by molar-refractivity contribution is 0.836. The Morgan fingerprint density at radius 1 is 1.18 bits per heavy atom. The van der Waals surface area contributed by atoms with Crippen LogP contribution in [-0.4, -0.2) is 24.5 Å². The van der Waals surface area contributed by atoms with Crippen LogP contribution in [0.4, 0.5) is 5.95 Å². The van der Waals surface area contributed by atoms with Gasteiger partial charge in [-0.15, -0.1) is 0 Å². The highest BCUT2D eigenvalue weighted by Crippen LogP contribution is 2.21. The number of halogens is 1. The van der Waals surface area contributed by atoms with E-state index < -0.39 is 0 Å². The number of fused-ring (bicyclic) bond motifs is 1. The minimum absolute atomic E-state index is 0.160. The summed E-state index contributed by atoms with van der Waals surface area (Å²) >= 11 is 6.08. The predicted molar refractivity (Wildman–Crippen MR) is 110 cm³/mol. The van der Waals surface area contributed by atoms with Crippen molar-refractivity contribution >= 4 is 28.5 Å². The summed E-state index contributed by atoms with van der Waals surface area (Å²) in [6.45, 7) is 5.83. The number of anilines is 1. The fraction of sp³-hybridized carbons (Fsp3) is 0.200. The van der Waals surface area contributed by atoms with Crippen molar-refractivity contribution in [2.24, 2.45) is 0 Å². The van der Waals surface area contributed by atoms with Crippen molar-refractivity contribution in [3.05, 3.63) is 75.2 Å². The number of nitrogens with zero attached hydrogens (tertiary/aromatic N) is 4. The minimum atomic E-state index is -0.298. The SMILES string of the molecule is Cc1ncn(-c2ccnc(N[C@@H](C)c3cc4cc(Cl)ccc4[nH]c3=O)n2)c1C. The number of aromatic amines is 1. The Labute approximate surface area is 166 Å². The summed E-state index contributed by atoms with van der Waals surface area (Å²) in [5.74, 6) is 1.14. The van der Waals surface area contributed by atoms with Crippen LogP contribution in [0.15, 0.2) is 47.7 Å². The molecule has 2 N–H and O–H groups in total. The van der Waals surface area contributed by atoms with Crippen LogP contribution in [-0.2, 0) is 0 Å². The molecular formula is C20H19ClN6O. The van der Waals surface area contributed by atoms with E-state index in [1.54, 1.807) is 24.7 Å². The first-order chi connectivity index (χ1) is 13.4. The minimum Gasteiger partial charge on any atom is -0.347 e. The van der Waals surface area contributed by atoms with E-state index >= 15 is 0 Å². The van der Waals surface area contributed by atoms with Gasteiger partial charge in [0.05, 0.1) is 11.7 Å². The standard InChI is InChI=1S/C20H19ClN6O/c1-11-13(3)27(10-23-11)18-6-7-22-20(26-18)24-12(2)16-9-14-8-15(21)4-5-17(14)25-19(16)28/h4-10,12H,1-3H3,(H,25,28)(H,22,24,26)/t12-/m0/s1. The molecule has 8 heteroatoms. The van der Waals surface area contributed by atoms with Crippen LogP contribution in [0.3, 0.4) is 0 Å². The first kappa shape index (κ1) is 18.2. The summed E-state index contributed by atoms with van der Waals surface area (Å²) in [4.78, 5) is 28.5. The molecule has 0 radical (unpaired) electrons. The Hall–Kier alpha value is -3.19. The van der Waals surface area contributed by atoms with E-state index in [0.717, 1.165) is 22.3 Å². The fourth-order valence-corrected chi connectivity index (χ4v) is 3.25. The lowest BCUT2D eigenvalue weighted by Gasteiger charge is -2.15. The van der Waals surface area contributed by atoms with Crippen LogP contribution in [0, 0.1) is 13.8 Å². The molecule has 0 saturated carbocycles. The third-order valence-corrected chi connectivity index (χ3v) is 5.02. The van der Waals surface area contributed by atoms with Crippen LogP contribution in [0.25, 0.3) is 16.7 Å². The molecule has 0 bridgehead atoms. The number of hydrogen-bond donors (Lipinski definition) is 2. The molecule has 1 aromatic carbocycles. The van der Waals surface area contributed by atoms with E-state index in [9.17, 15) is 4.79 Å². The zero-order valence-electron chi connectivity index (χ0n) is 15.7. The molecule has 0 spiro atoms. The molecule has 28 heavy (non-hydrogen) atoms. The number of rotatable bonds is 4. The van der Waals surface area contributed by atoms with Crippen LogP contribution in [0.1, 0.15) is 29.9 Å². The van der Waals surface area contributed by atoms with Gasteiger partial charge in [0.15, 0.2) is 0 Å². The molecule has 3 heterocycles. The maximum absolute atomic E-state index is 12.5. The highest BCUT2D eigenvalue weighted by atomic mass is 35.5. The lowest BCUT2D eigenvalue weighted by atomic mass is 10.1. The van der Waals surface area contributed by atoms with Gasteiger partial charge in [-0.3, -0.25) is 9.36 Å². The van der Waals surface area contributed by atoms with E-state index in [0.29, 0.717) is 22.4 Å². The van der Waals surface area contributed by atoms with E-state index in [1.807, 2.05) is 43.5 Å². The van der Waals surface area contributed by atoms with Crippen molar-refractivity contribution in [2.75, 3.05) is 5.32 Å². The second kappa shape index (κ2) is 7.09. The van der Waals surface area contributed by atoms with Crippen molar-refractivity contribution in [3.8, 4) is 5.82 Å². The van der Waals surface area contributed by atoms with Crippen LogP contribution >= 0.6 is 11.6 Å². The monoisotopic (exact) mass is 394 g/mol. The van der Waals surface area contributed by atoms with E-state index in [1.165, 1.54) is 0 Å². The quantitative estimate of drug-likeness (QED) is 0.547. The maximum Gasteiger partial charge on any atom is 0.253 e. The van der Waals surface area contributed by atoms with Gasteiger partial charge in [0, 0.05) is 33.4 Å². The molecule has 0 amide bonds. The van der Waals surface area contributed by atoms with Gasteiger partial charge in [0.2, 0.25) is 5.95 Å². The smallest absolute Gasteiger partial charge is 0.253 e. The molecule has 0 fully saturated rings. The van der Waals surface area contributed by atoms with Crippen molar-refractivity contribution in [3.63, 3.8) is 0 Å². The Morgan fingerprint density at radius 2 is 2.00 bits per heavy atom. The van der Waals surface area contributed by atoms with Crippen molar-refractivity contribution in [1.29, 1.82) is 0 Å². The molecule has 4 aromatic rings. The number of H-pyrrole nitrogens is 1. The van der Waals surface area contributed by atoms with Gasteiger partial charge in [-0.25, -0.2) is 9.97 Å². The zero-order valence-corrected chi connectivity index (χ0v) is 16.4. The third kappa shape index (κ3) is 3.36. The summed E-state index contributed by atoms with van der Waals surface area (Å²) in [5, 5.41) is 4.69. The Morgan fingerprint density at radius 3 is 2.75 bits per heavy atom.